The van der Waals surface area contributed by atoms with E-state index in [0.717, 1.165) is 12.1 Å². The molecule has 0 amide bonds. The molecule has 0 fully saturated rings. The molecule has 0 spiro atoms. The maximum absolute atomic E-state index is 14.8. The SMILES string of the molecule is BC(C)(C)Nc1c(Nc2ccc(Br)cc2F)c(F)c(=O)n2c1CCC2. The van der Waals surface area contributed by atoms with Gasteiger partial charge in [-0.1, -0.05) is 29.8 Å². The Labute approximate surface area is 154 Å². The molecule has 0 atom stereocenters. The minimum absolute atomic E-state index is 0.00528. The first-order valence-corrected chi connectivity index (χ1v) is 8.92. The smallest absolute Gasteiger partial charge is 0.289 e. The fourth-order valence-electron chi connectivity index (χ4n) is 2.99. The fraction of sp³-hybridized carbons (Fsp3) is 0.353. The van der Waals surface area contributed by atoms with E-state index < -0.39 is 17.2 Å². The van der Waals surface area contributed by atoms with Crippen LogP contribution in [0.4, 0.5) is 25.8 Å². The lowest BCUT2D eigenvalue weighted by molar-refractivity contribution is 0.581. The summed E-state index contributed by atoms with van der Waals surface area (Å²) in [5, 5.41) is 6.06. The molecule has 1 aliphatic rings. The maximum atomic E-state index is 14.8. The zero-order chi connectivity index (χ0) is 18.4. The van der Waals surface area contributed by atoms with E-state index in [1.54, 1.807) is 6.07 Å². The number of fused-ring (bicyclic) bond motifs is 1. The van der Waals surface area contributed by atoms with E-state index in [-0.39, 0.29) is 16.8 Å². The molecular formula is C17H19BBrF2N3O. The molecule has 2 aromatic rings. The molecule has 8 heteroatoms. The number of benzene rings is 1. The van der Waals surface area contributed by atoms with Gasteiger partial charge in [0, 0.05) is 16.7 Å². The third kappa shape index (κ3) is 3.59. The van der Waals surface area contributed by atoms with Crippen molar-refractivity contribution in [3.63, 3.8) is 0 Å². The van der Waals surface area contributed by atoms with Crippen LogP contribution in [0.15, 0.2) is 27.5 Å². The normalized spacial score (nSPS) is 13.6. The molecule has 3 rings (SSSR count). The Morgan fingerprint density at radius 2 is 2.00 bits per heavy atom. The van der Waals surface area contributed by atoms with Crippen molar-refractivity contribution >= 4 is 40.8 Å². The van der Waals surface area contributed by atoms with E-state index in [4.69, 9.17) is 0 Å². The highest BCUT2D eigenvalue weighted by Gasteiger charge is 2.27. The molecular weight excluding hydrogens is 391 g/mol. The molecule has 1 aromatic carbocycles. The molecule has 4 nitrogen and oxygen atoms in total. The van der Waals surface area contributed by atoms with E-state index in [0.29, 0.717) is 23.1 Å². The van der Waals surface area contributed by atoms with Crippen molar-refractivity contribution in [3.8, 4) is 0 Å². The van der Waals surface area contributed by atoms with Crippen LogP contribution in [0.25, 0.3) is 0 Å². The van der Waals surface area contributed by atoms with E-state index in [1.807, 2.05) is 21.7 Å². The zero-order valence-corrected chi connectivity index (χ0v) is 15.9. The predicted molar refractivity (Wildman–Crippen MR) is 103 cm³/mol. The minimum atomic E-state index is -0.903. The topological polar surface area (TPSA) is 46.1 Å². The van der Waals surface area contributed by atoms with E-state index in [9.17, 15) is 13.6 Å². The van der Waals surface area contributed by atoms with Crippen molar-refractivity contribution in [3.05, 3.63) is 50.4 Å². The predicted octanol–water partition coefficient (Wildman–Crippen LogP) is 3.36. The number of halogens is 3. The largest absolute Gasteiger partial charge is 0.385 e. The van der Waals surface area contributed by atoms with Gasteiger partial charge in [0.05, 0.1) is 11.4 Å². The summed E-state index contributed by atoms with van der Waals surface area (Å²) in [5.74, 6) is -1.43. The van der Waals surface area contributed by atoms with E-state index in [2.05, 4.69) is 26.6 Å². The molecule has 25 heavy (non-hydrogen) atoms. The van der Waals surface area contributed by atoms with Gasteiger partial charge >= 0.3 is 0 Å². The quantitative estimate of drug-likeness (QED) is 0.761. The van der Waals surface area contributed by atoms with E-state index in [1.165, 1.54) is 16.7 Å². The number of pyridine rings is 1. The molecule has 0 bridgehead atoms. The molecule has 2 N–H and O–H groups in total. The van der Waals surface area contributed by atoms with Gasteiger partial charge in [-0.3, -0.25) is 4.79 Å². The second kappa shape index (κ2) is 6.48. The van der Waals surface area contributed by atoms with Gasteiger partial charge in [0.1, 0.15) is 19.4 Å². The Morgan fingerprint density at radius 3 is 2.64 bits per heavy atom. The summed E-state index contributed by atoms with van der Waals surface area (Å²) in [6.07, 6.45) is 1.45. The average molecular weight is 410 g/mol. The Balaban J connectivity index is 2.17. The van der Waals surface area contributed by atoms with Crippen LogP contribution >= 0.6 is 15.9 Å². The summed E-state index contributed by atoms with van der Waals surface area (Å²) >= 11 is 3.20. The van der Waals surface area contributed by atoms with Crippen LogP contribution in [0, 0.1) is 11.6 Å². The Kier molecular flexibility index (Phi) is 4.66. The van der Waals surface area contributed by atoms with Crippen LogP contribution in [-0.4, -0.2) is 17.9 Å². The van der Waals surface area contributed by atoms with Crippen molar-refractivity contribution in [2.75, 3.05) is 10.6 Å². The summed E-state index contributed by atoms with van der Waals surface area (Å²) < 4.78 is 31.1. The third-order valence-corrected chi connectivity index (χ3v) is 4.50. The Bertz CT molecular complexity index is 893. The summed E-state index contributed by atoms with van der Waals surface area (Å²) in [6.45, 7) is 4.40. The summed E-state index contributed by atoms with van der Waals surface area (Å²) in [7, 11) is 1.95. The first kappa shape index (κ1) is 18.0. The van der Waals surface area contributed by atoms with Crippen molar-refractivity contribution in [2.24, 2.45) is 0 Å². The molecule has 132 valence electrons. The average Bonchev–Trinajstić information content (AvgIpc) is 2.99. The van der Waals surface area contributed by atoms with Gasteiger partial charge in [0.15, 0.2) is 0 Å². The van der Waals surface area contributed by atoms with Gasteiger partial charge in [-0.25, -0.2) is 4.39 Å². The third-order valence-electron chi connectivity index (χ3n) is 4.00. The monoisotopic (exact) mass is 409 g/mol. The highest BCUT2D eigenvalue weighted by molar-refractivity contribution is 9.10. The summed E-state index contributed by atoms with van der Waals surface area (Å²) in [5.41, 5.74) is 0.357. The molecule has 0 unspecified atom stereocenters. The van der Waals surface area contributed by atoms with Crippen molar-refractivity contribution in [1.82, 2.24) is 4.57 Å². The lowest BCUT2D eigenvalue weighted by atomic mass is 9.81. The second-order valence-electron chi connectivity index (χ2n) is 7.20. The molecule has 0 radical (unpaired) electrons. The lowest BCUT2D eigenvalue weighted by Crippen LogP contribution is -2.34. The van der Waals surface area contributed by atoms with Crippen LogP contribution < -0.4 is 16.2 Å². The van der Waals surface area contributed by atoms with Gasteiger partial charge in [-0.2, -0.15) is 4.39 Å². The summed E-state index contributed by atoms with van der Waals surface area (Å²) in [4.78, 5) is 12.3. The molecule has 0 saturated heterocycles. The highest BCUT2D eigenvalue weighted by atomic mass is 79.9. The van der Waals surface area contributed by atoms with Gasteiger partial charge in [-0.05, 0) is 36.5 Å². The van der Waals surface area contributed by atoms with Crippen molar-refractivity contribution in [1.29, 1.82) is 0 Å². The molecule has 1 aromatic heterocycles. The number of rotatable bonds is 4. The van der Waals surface area contributed by atoms with Crippen molar-refractivity contribution in [2.45, 2.75) is 38.7 Å². The number of anilines is 3. The zero-order valence-electron chi connectivity index (χ0n) is 14.3. The Hall–Kier alpha value is -1.83. The number of hydrogen-bond acceptors (Lipinski definition) is 3. The van der Waals surface area contributed by atoms with Crippen molar-refractivity contribution < 1.29 is 8.78 Å². The van der Waals surface area contributed by atoms with Gasteiger partial charge < -0.3 is 15.2 Å². The van der Waals surface area contributed by atoms with E-state index >= 15 is 0 Å². The number of nitrogens with one attached hydrogen (secondary N) is 2. The highest BCUT2D eigenvalue weighted by Crippen LogP contribution is 2.35. The number of hydrogen-bond donors (Lipinski definition) is 2. The molecule has 1 aliphatic heterocycles. The number of aromatic nitrogens is 1. The second-order valence-corrected chi connectivity index (χ2v) is 8.11. The van der Waals surface area contributed by atoms with Crippen LogP contribution in [-0.2, 0) is 13.0 Å². The number of nitrogens with zero attached hydrogens (tertiary/aromatic N) is 1. The van der Waals surface area contributed by atoms with Gasteiger partial charge in [0.25, 0.3) is 5.56 Å². The van der Waals surface area contributed by atoms with Crippen LogP contribution in [0.1, 0.15) is 26.0 Å². The maximum Gasteiger partial charge on any atom is 0.289 e. The molecule has 0 saturated carbocycles. The summed E-state index contributed by atoms with van der Waals surface area (Å²) in [6, 6.07) is 4.45. The Morgan fingerprint density at radius 1 is 1.28 bits per heavy atom. The molecule has 0 aliphatic carbocycles. The van der Waals surface area contributed by atoms with Gasteiger partial charge in [-0.15, -0.1) is 0 Å². The first-order chi connectivity index (χ1) is 11.7. The van der Waals surface area contributed by atoms with Crippen LogP contribution in [0.2, 0.25) is 0 Å². The van der Waals surface area contributed by atoms with Crippen LogP contribution in [0.3, 0.4) is 0 Å². The standard InChI is InChI=1S/C17H19BBrF2N3O/c1-17(2,18)23-14-12-4-3-7-24(12)16(25)13(21)15(14)22-11-6-5-9(19)8-10(11)20/h5-6,8,22-23H,3-4,7,18H2,1-2H3. The first-order valence-electron chi connectivity index (χ1n) is 8.13. The van der Waals surface area contributed by atoms with Gasteiger partial charge in [0.2, 0.25) is 5.82 Å². The van der Waals surface area contributed by atoms with Crippen LogP contribution in [0.5, 0.6) is 0 Å². The lowest BCUT2D eigenvalue weighted by Gasteiger charge is -2.27. The molecule has 2 heterocycles. The minimum Gasteiger partial charge on any atom is -0.385 e. The fourth-order valence-corrected chi connectivity index (χ4v) is 3.32.